The van der Waals surface area contributed by atoms with Gasteiger partial charge in [0.1, 0.15) is 5.75 Å². The molecule has 34 heavy (non-hydrogen) atoms. The summed E-state index contributed by atoms with van der Waals surface area (Å²) in [5.74, 6) is 0.446. The number of rotatable bonds is 16. The quantitative estimate of drug-likeness (QED) is 0.142. The summed E-state index contributed by atoms with van der Waals surface area (Å²) in [5.41, 5.74) is 2.11. The fourth-order valence-electron chi connectivity index (χ4n) is 3.79. The Bertz CT molecular complexity index is 839. The predicted molar refractivity (Wildman–Crippen MR) is 139 cm³/mol. The van der Waals surface area contributed by atoms with E-state index in [0.717, 1.165) is 25.7 Å². The van der Waals surface area contributed by atoms with Crippen LogP contribution in [0.15, 0.2) is 48.5 Å². The van der Waals surface area contributed by atoms with Gasteiger partial charge in [-0.1, -0.05) is 77.8 Å². The summed E-state index contributed by atoms with van der Waals surface area (Å²) < 4.78 is 10.8. The monoisotopic (exact) mass is 466 g/mol. The largest absolute Gasteiger partial charge is 0.462 e. The lowest BCUT2D eigenvalue weighted by Crippen LogP contribution is -2.10. The Morgan fingerprint density at radius 1 is 0.735 bits per heavy atom. The number of hydrogen-bond donors (Lipinski definition) is 0. The molecule has 1 unspecified atom stereocenters. The Hall–Kier alpha value is -2.62. The molecule has 0 bridgehead atoms. The van der Waals surface area contributed by atoms with Gasteiger partial charge >= 0.3 is 11.9 Å². The minimum absolute atomic E-state index is 0.357. The smallest absolute Gasteiger partial charge is 0.343 e. The lowest BCUT2D eigenvalue weighted by molar-refractivity contribution is 0.0496. The molecule has 0 aliphatic rings. The van der Waals surface area contributed by atoms with Crippen LogP contribution in [0, 0.1) is 5.92 Å². The average Bonchev–Trinajstić information content (AvgIpc) is 2.86. The van der Waals surface area contributed by atoms with Gasteiger partial charge in [0.2, 0.25) is 0 Å². The van der Waals surface area contributed by atoms with E-state index in [1.54, 1.807) is 24.3 Å². The summed E-state index contributed by atoms with van der Waals surface area (Å²) in [5, 5.41) is 0. The Balaban J connectivity index is 1.73. The molecular formula is C30H42O4. The summed E-state index contributed by atoms with van der Waals surface area (Å²) in [7, 11) is 0. The lowest BCUT2D eigenvalue weighted by Gasteiger charge is -2.09. The second kappa shape index (κ2) is 16.1. The molecule has 0 aliphatic carbocycles. The molecule has 2 rings (SSSR count). The molecule has 0 N–H and O–H groups in total. The van der Waals surface area contributed by atoms with Crippen molar-refractivity contribution >= 4 is 11.9 Å². The third kappa shape index (κ3) is 10.5. The molecule has 2 aromatic carbocycles. The zero-order valence-corrected chi connectivity index (χ0v) is 21.3. The van der Waals surface area contributed by atoms with Crippen molar-refractivity contribution in [3.05, 3.63) is 65.2 Å². The van der Waals surface area contributed by atoms with E-state index >= 15 is 0 Å². The normalized spacial score (nSPS) is 11.7. The van der Waals surface area contributed by atoms with Crippen LogP contribution in [0.1, 0.15) is 111 Å². The SMILES string of the molecule is CCCCCCCCc1ccc(OC(=O)c2ccc(C(=O)OCCCCC(C)CC)cc2)cc1. The van der Waals surface area contributed by atoms with Crippen molar-refractivity contribution in [1.82, 2.24) is 0 Å². The first-order chi connectivity index (χ1) is 16.5. The Morgan fingerprint density at radius 2 is 1.35 bits per heavy atom. The van der Waals surface area contributed by atoms with E-state index in [4.69, 9.17) is 9.47 Å². The number of benzene rings is 2. The van der Waals surface area contributed by atoms with Crippen LogP contribution >= 0.6 is 0 Å². The van der Waals surface area contributed by atoms with Crippen LogP contribution in [0.3, 0.4) is 0 Å². The molecule has 0 saturated heterocycles. The molecule has 0 aliphatic heterocycles. The summed E-state index contributed by atoms with van der Waals surface area (Å²) in [6.07, 6.45) is 13.0. The standard InChI is InChI=1S/C30H42O4/c1-4-6-7-8-9-10-14-25-15-21-28(22-16-25)34-30(32)27-19-17-26(18-20-27)29(31)33-23-12-11-13-24(3)5-2/h15-22,24H,4-14,23H2,1-3H3. The van der Waals surface area contributed by atoms with Gasteiger partial charge < -0.3 is 9.47 Å². The average molecular weight is 467 g/mol. The molecule has 2 aromatic rings. The molecule has 0 radical (unpaired) electrons. The van der Waals surface area contributed by atoms with E-state index in [-0.39, 0.29) is 5.97 Å². The second-order valence-electron chi connectivity index (χ2n) is 9.27. The van der Waals surface area contributed by atoms with Crippen LogP contribution in [0.4, 0.5) is 0 Å². The highest BCUT2D eigenvalue weighted by Gasteiger charge is 2.12. The van der Waals surface area contributed by atoms with Crippen molar-refractivity contribution < 1.29 is 19.1 Å². The van der Waals surface area contributed by atoms with E-state index in [0.29, 0.717) is 29.4 Å². The molecule has 0 spiro atoms. The molecule has 0 heterocycles. The number of esters is 2. The number of aryl methyl sites for hydroxylation is 1. The molecule has 0 amide bonds. The Morgan fingerprint density at radius 3 is 2.00 bits per heavy atom. The number of carbonyl (C=O) groups is 2. The minimum Gasteiger partial charge on any atom is -0.462 e. The molecule has 1 atom stereocenters. The van der Waals surface area contributed by atoms with Gasteiger partial charge in [0.05, 0.1) is 17.7 Å². The van der Waals surface area contributed by atoms with Crippen molar-refractivity contribution in [2.75, 3.05) is 6.61 Å². The van der Waals surface area contributed by atoms with Crippen molar-refractivity contribution in [2.24, 2.45) is 5.92 Å². The summed E-state index contributed by atoms with van der Waals surface area (Å²) in [6.45, 7) is 7.09. The van der Waals surface area contributed by atoms with Gasteiger partial charge in [0.25, 0.3) is 0 Å². The Kier molecular flexibility index (Phi) is 13.1. The number of carbonyl (C=O) groups excluding carboxylic acids is 2. The fourth-order valence-corrected chi connectivity index (χ4v) is 3.79. The number of hydrogen-bond acceptors (Lipinski definition) is 4. The summed E-state index contributed by atoms with van der Waals surface area (Å²) in [4.78, 5) is 24.7. The zero-order chi connectivity index (χ0) is 24.6. The maximum atomic E-state index is 12.5. The van der Waals surface area contributed by atoms with Crippen molar-refractivity contribution in [2.45, 2.75) is 91.4 Å². The third-order valence-electron chi connectivity index (χ3n) is 6.33. The van der Waals surface area contributed by atoms with E-state index in [9.17, 15) is 9.59 Å². The highest BCUT2D eigenvalue weighted by molar-refractivity contribution is 5.94. The van der Waals surface area contributed by atoms with Crippen LogP contribution in [-0.4, -0.2) is 18.5 Å². The van der Waals surface area contributed by atoms with E-state index < -0.39 is 5.97 Å². The first kappa shape index (κ1) is 27.6. The lowest BCUT2D eigenvalue weighted by atomic mass is 10.0. The predicted octanol–water partition coefficient (Wildman–Crippen LogP) is 8.18. The highest BCUT2D eigenvalue weighted by Crippen LogP contribution is 2.17. The highest BCUT2D eigenvalue weighted by atomic mass is 16.5. The van der Waals surface area contributed by atoms with Gasteiger partial charge in [-0.25, -0.2) is 9.59 Å². The van der Waals surface area contributed by atoms with Crippen LogP contribution < -0.4 is 4.74 Å². The molecule has 4 nitrogen and oxygen atoms in total. The van der Waals surface area contributed by atoms with E-state index in [1.165, 1.54) is 50.5 Å². The van der Waals surface area contributed by atoms with Gasteiger partial charge in [-0.05, 0) is 73.6 Å². The van der Waals surface area contributed by atoms with Crippen LogP contribution in [0.2, 0.25) is 0 Å². The van der Waals surface area contributed by atoms with Crippen LogP contribution in [-0.2, 0) is 11.2 Å². The van der Waals surface area contributed by atoms with Gasteiger partial charge in [0, 0.05) is 0 Å². The van der Waals surface area contributed by atoms with E-state index in [2.05, 4.69) is 20.8 Å². The maximum absolute atomic E-state index is 12.5. The van der Waals surface area contributed by atoms with Gasteiger partial charge in [0.15, 0.2) is 0 Å². The number of unbranched alkanes of at least 4 members (excludes halogenated alkanes) is 6. The van der Waals surface area contributed by atoms with Crippen molar-refractivity contribution in [3.63, 3.8) is 0 Å². The first-order valence-corrected chi connectivity index (χ1v) is 13.1. The first-order valence-electron chi connectivity index (χ1n) is 13.1. The van der Waals surface area contributed by atoms with Crippen molar-refractivity contribution in [1.29, 1.82) is 0 Å². The minimum atomic E-state index is -0.436. The van der Waals surface area contributed by atoms with Crippen LogP contribution in [0.5, 0.6) is 5.75 Å². The van der Waals surface area contributed by atoms with Crippen molar-refractivity contribution in [3.8, 4) is 5.75 Å². The molecule has 0 aromatic heterocycles. The van der Waals surface area contributed by atoms with Gasteiger partial charge in [-0.15, -0.1) is 0 Å². The summed E-state index contributed by atoms with van der Waals surface area (Å²) in [6, 6.07) is 14.2. The fraction of sp³-hybridized carbons (Fsp3) is 0.533. The zero-order valence-electron chi connectivity index (χ0n) is 21.3. The Labute approximate surface area is 206 Å². The third-order valence-corrected chi connectivity index (χ3v) is 6.33. The molecule has 186 valence electrons. The molecule has 0 fully saturated rings. The van der Waals surface area contributed by atoms with Crippen LogP contribution in [0.25, 0.3) is 0 Å². The molecular weight excluding hydrogens is 424 g/mol. The topological polar surface area (TPSA) is 52.6 Å². The summed E-state index contributed by atoms with van der Waals surface area (Å²) >= 11 is 0. The molecule has 4 heteroatoms. The molecule has 0 saturated carbocycles. The maximum Gasteiger partial charge on any atom is 0.343 e. The van der Waals surface area contributed by atoms with E-state index in [1.807, 2.05) is 24.3 Å². The van der Waals surface area contributed by atoms with Gasteiger partial charge in [-0.3, -0.25) is 0 Å². The number of ether oxygens (including phenoxy) is 2. The second-order valence-corrected chi connectivity index (χ2v) is 9.27. The van der Waals surface area contributed by atoms with Gasteiger partial charge in [-0.2, -0.15) is 0 Å².